The van der Waals surface area contributed by atoms with Crippen LogP contribution in [0.1, 0.15) is 82.6 Å². The molecule has 0 aromatic carbocycles. The van der Waals surface area contributed by atoms with E-state index < -0.39 is 5.54 Å². The summed E-state index contributed by atoms with van der Waals surface area (Å²) in [7, 11) is 0. The van der Waals surface area contributed by atoms with E-state index in [2.05, 4.69) is 24.1 Å². The van der Waals surface area contributed by atoms with Crippen LogP contribution >= 0.6 is 0 Å². The summed E-state index contributed by atoms with van der Waals surface area (Å²) >= 11 is 0. The molecule has 1 saturated carbocycles. The van der Waals surface area contributed by atoms with Crippen LogP contribution in [0.15, 0.2) is 22.8 Å². The lowest BCUT2D eigenvalue weighted by Gasteiger charge is -2.45. The minimum absolute atomic E-state index is 0.0252. The van der Waals surface area contributed by atoms with Gasteiger partial charge in [0.25, 0.3) is 5.91 Å². The smallest absolute Gasteiger partial charge is 0.271 e. The third-order valence-electron chi connectivity index (χ3n) is 8.66. The molecule has 0 radical (unpaired) electrons. The maximum atomic E-state index is 13.8. The monoisotopic (exact) mass is 468 g/mol. The van der Waals surface area contributed by atoms with Gasteiger partial charge in [-0.05, 0) is 71.3 Å². The number of piperidine rings is 1. The van der Waals surface area contributed by atoms with Crippen LogP contribution in [0, 0.1) is 5.92 Å². The Labute approximate surface area is 202 Å². The number of aromatic nitrogens is 1. The summed E-state index contributed by atoms with van der Waals surface area (Å²) in [5.41, 5.74) is 1.29. The van der Waals surface area contributed by atoms with Gasteiger partial charge < -0.3 is 24.1 Å². The number of nitrogens with zero attached hydrogens (tertiary/aromatic N) is 3. The van der Waals surface area contributed by atoms with E-state index in [1.54, 1.807) is 6.26 Å². The standard InChI is InChI=1S/C27H40N4O3/c1-19-8-10-21(11-9-19)28-26(33)27(3)18-30-22-12-16-34-24(22)17-23(30)25(32)31(27)15-6-14-29-13-5-4-7-20(29)2/h12,16-17,19-21H,4-11,13-15,18H2,1-3H3,(H,28,33)/t19?,20-,21?,27+/m1/s1. The van der Waals surface area contributed by atoms with Gasteiger partial charge in [0.2, 0.25) is 5.91 Å². The predicted molar refractivity (Wildman–Crippen MR) is 133 cm³/mol. The van der Waals surface area contributed by atoms with Crippen LogP contribution in [0.5, 0.6) is 0 Å². The van der Waals surface area contributed by atoms with Crippen molar-refractivity contribution in [1.29, 1.82) is 0 Å². The molecule has 2 fully saturated rings. The molecular weight excluding hydrogens is 428 g/mol. The lowest BCUT2D eigenvalue weighted by Crippen LogP contribution is -2.65. The van der Waals surface area contributed by atoms with Crippen molar-refractivity contribution in [2.75, 3.05) is 19.6 Å². The molecule has 0 unspecified atom stereocenters. The van der Waals surface area contributed by atoms with Crippen molar-refractivity contribution in [2.24, 2.45) is 5.92 Å². The molecule has 2 amide bonds. The zero-order valence-corrected chi connectivity index (χ0v) is 21.0. The van der Waals surface area contributed by atoms with Gasteiger partial charge in [0.15, 0.2) is 5.58 Å². The molecule has 1 N–H and O–H groups in total. The fourth-order valence-corrected chi connectivity index (χ4v) is 6.29. The number of hydrogen-bond acceptors (Lipinski definition) is 4. The second kappa shape index (κ2) is 9.40. The topological polar surface area (TPSA) is 70.7 Å². The van der Waals surface area contributed by atoms with Crippen LogP contribution in [-0.2, 0) is 11.3 Å². The van der Waals surface area contributed by atoms with E-state index in [0.717, 1.165) is 56.6 Å². The fraction of sp³-hybridized carbons (Fsp3) is 0.704. The van der Waals surface area contributed by atoms with E-state index in [1.807, 2.05) is 28.5 Å². The second-order valence-corrected chi connectivity index (χ2v) is 11.2. The first-order valence-corrected chi connectivity index (χ1v) is 13.3. The number of hydrogen-bond donors (Lipinski definition) is 1. The van der Waals surface area contributed by atoms with Crippen LogP contribution < -0.4 is 5.32 Å². The van der Waals surface area contributed by atoms with Crippen LogP contribution in [0.25, 0.3) is 11.1 Å². The summed E-state index contributed by atoms with van der Waals surface area (Å²) in [5.74, 6) is 0.632. The van der Waals surface area contributed by atoms with E-state index in [9.17, 15) is 9.59 Å². The quantitative estimate of drug-likeness (QED) is 0.682. The summed E-state index contributed by atoms with van der Waals surface area (Å²) in [6, 6.07) is 4.52. The largest absolute Gasteiger partial charge is 0.463 e. The molecule has 3 aliphatic rings. The van der Waals surface area contributed by atoms with Crippen molar-refractivity contribution in [3.63, 3.8) is 0 Å². The summed E-state index contributed by atoms with van der Waals surface area (Å²) in [6.07, 6.45) is 10.7. The van der Waals surface area contributed by atoms with E-state index >= 15 is 0 Å². The number of likely N-dealkylation sites (tertiary alicyclic amines) is 1. The van der Waals surface area contributed by atoms with Gasteiger partial charge in [-0.3, -0.25) is 9.59 Å². The zero-order chi connectivity index (χ0) is 23.9. The first kappa shape index (κ1) is 23.5. The number of carbonyl (C=O) groups excluding carboxylic acids is 2. The average Bonchev–Trinajstić information content (AvgIpc) is 3.41. The molecule has 1 aliphatic carbocycles. The van der Waals surface area contributed by atoms with Gasteiger partial charge in [-0.2, -0.15) is 0 Å². The predicted octanol–water partition coefficient (Wildman–Crippen LogP) is 4.41. The first-order chi connectivity index (χ1) is 16.4. The van der Waals surface area contributed by atoms with E-state index in [0.29, 0.717) is 30.4 Å². The maximum Gasteiger partial charge on any atom is 0.271 e. The lowest BCUT2D eigenvalue weighted by atomic mass is 9.86. The number of carbonyl (C=O) groups is 2. The van der Waals surface area contributed by atoms with Gasteiger partial charge in [0, 0.05) is 37.3 Å². The van der Waals surface area contributed by atoms with Gasteiger partial charge in [0.1, 0.15) is 11.2 Å². The van der Waals surface area contributed by atoms with Crippen LogP contribution in [0.3, 0.4) is 0 Å². The van der Waals surface area contributed by atoms with Gasteiger partial charge in [-0.25, -0.2) is 0 Å². The summed E-state index contributed by atoms with van der Waals surface area (Å²) in [4.78, 5) is 31.9. The number of fused-ring (bicyclic) bond motifs is 3. The van der Waals surface area contributed by atoms with E-state index in [-0.39, 0.29) is 17.9 Å². The summed E-state index contributed by atoms with van der Waals surface area (Å²) < 4.78 is 7.57. The van der Waals surface area contributed by atoms with Crippen molar-refractivity contribution < 1.29 is 14.0 Å². The van der Waals surface area contributed by atoms with Crippen LogP contribution in [0.2, 0.25) is 0 Å². The SMILES string of the molecule is CC1CCC(NC(=O)[C@]2(C)Cn3c(cc4occc43)C(=O)N2CCCN2CCCC[C@H]2C)CC1. The Bertz CT molecular complexity index is 1030. The molecule has 2 aromatic heterocycles. The molecule has 2 aromatic rings. The third kappa shape index (κ3) is 4.28. The van der Waals surface area contributed by atoms with Crippen molar-refractivity contribution in [1.82, 2.24) is 19.7 Å². The Morgan fingerprint density at radius 3 is 2.71 bits per heavy atom. The van der Waals surface area contributed by atoms with Crippen molar-refractivity contribution in [2.45, 2.75) is 96.3 Å². The van der Waals surface area contributed by atoms with E-state index in [4.69, 9.17) is 4.42 Å². The van der Waals surface area contributed by atoms with Gasteiger partial charge >= 0.3 is 0 Å². The Kier molecular flexibility index (Phi) is 6.49. The van der Waals surface area contributed by atoms with Gasteiger partial charge in [-0.15, -0.1) is 0 Å². The zero-order valence-electron chi connectivity index (χ0n) is 21.0. The van der Waals surface area contributed by atoms with Crippen molar-refractivity contribution >= 4 is 22.9 Å². The highest BCUT2D eigenvalue weighted by molar-refractivity contribution is 6.02. The minimum Gasteiger partial charge on any atom is -0.463 e. The van der Waals surface area contributed by atoms with Crippen molar-refractivity contribution in [3.8, 4) is 0 Å². The molecule has 0 spiro atoms. The third-order valence-corrected chi connectivity index (χ3v) is 8.66. The molecule has 186 valence electrons. The molecule has 5 rings (SSSR count). The van der Waals surface area contributed by atoms with Gasteiger partial charge in [0.05, 0.1) is 18.3 Å². The Morgan fingerprint density at radius 2 is 1.94 bits per heavy atom. The summed E-state index contributed by atoms with van der Waals surface area (Å²) in [5, 5.41) is 3.33. The number of rotatable bonds is 6. The lowest BCUT2D eigenvalue weighted by molar-refractivity contribution is -0.133. The minimum atomic E-state index is -0.927. The second-order valence-electron chi connectivity index (χ2n) is 11.2. The average molecular weight is 469 g/mol. The molecule has 4 heterocycles. The normalized spacial score (nSPS) is 30.5. The molecule has 7 heteroatoms. The Balaban J connectivity index is 1.37. The fourth-order valence-electron chi connectivity index (χ4n) is 6.29. The summed E-state index contributed by atoms with van der Waals surface area (Å²) in [6.45, 7) is 9.67. The number of amides is 2. The van der Waals surface area contributed by atoms with Crippen LogP contribution in [-0.4, -0.2) is 63.4 Å². The van der Waals surface area contributed by atoms with E-state index in [1.165, 1.54) is 19.3 Å². The van der Waals surface area contributed by atoms with Crippen molar-refractivity contribution in [3.05, 3.63) is 24.1 Å². The number of furan rings is 1. The highest BCUT2D eigenvalue weighted by Crippen LogP contribution is 2.34. The molecule has 0 bridgehead atoms. The molecule has 1 saturated heterocycles. The highest BCUT2D eigenvalue weighted by atomic mass is 16.3. The molecule has 2 atom stereocenters. The molecule has 7 nitrogen and oxygen atoms in total. The Morgan fingerprint density at radius 1 is 1.15 bits per heavy atom. The first-order valence-electron chi connectivity index (χ1n) is 13.3. The van der Waals surface area contributed by atoms with Gasteiger partial charge in [-0.1, -0.05) is 13.3 Å². The number of nitrogens with one attached hydrogen (secondary N) is 1. The van der Waals surface area contributed by atoms with Crippen LogP contribution in [0.4, 0.5) is 0 Å². The molecule has 34 heavy (non-hydrogen) atoms. The molecular formula is C27H40N4O3. The Hall–Kier alpha value is -2.28. The molecule has 2 aliphatic heterocycles. The maximum absolute atomic E-state index is 13.8. The highest BCUT2D eigenvalue weighted by Gasteiger charge is 2.48.